The van der Waals surface area contributed by atoms with Gasteiger partial charge >= 0.3 is 0 Å². The summed E-state index contributed by atoms with van der Waals surface area (Å²) in [6.45, 7) is 8.57. The van der Waals surface area contributed by atoms with Crippen LogP contribution >= 0.6 is 0 Å². The van der Waals surface area contributed by atoms with E-state index < -0.39 is 0 Å². The highest BCUT2D eigenvalue weighted by atomic mass is 19.1. The summed E-state index contributed by atoms with van der Waals surface area (Å²) in [6, 6.07) is 7.08. The molecule has 0 radical (unpaired) electrons. The Bertz CT molecular complexity index is 594. The smallest absolute Gasteiger partial charge is 0.123 e. The first-order valence-corrected chi connectivity index (χ1v) is 7.18. The largest absolute Gasteiger partial charge is 0.338 e. The Morgan fingerprint density at radius 3 is 2.45 bits per heavy atom. The molecule has 20 heavy (non-hydrogen) atoms. The molecule has 3 rings (SSSR count). The van der Waals surface area contributed by atoms with E-state index in [0.29, 0.717) is 12.0 Å². The molecule has 0 amide bonds. The number of hydrogen-bond acceptors (Lipinski definition) is 1. The van der Waals surface area contributed by atoms with Crippen LogP contribution in [0.3, 0.4) is 0 Å². The Morgan fingerprint density at radius 2 is 1.85 bits per heavy atom. The minimum atomic E-state index is -0.195. The van der Waals surface area contributed by atoms with Crippen molar-refractivity contribution in [2.75, 3.05) is 4.90 Å². The van der Waals surface area contributed by atoms with Crippen LogP contribution in [0.15, 0.2) is 59.8 Å². The summed E-state index contributed by atoms with van der Waals surface area (Å²) in [5.74, 6) is 0.262. The molecular formula is C18H20FN. The van der Waals surface area contributed by atoms with Gasteiger partial charge in [0.1, 0.15) is 5.82 Å². The molecule has 104 valence electrons. The molecule has 1 fully saturated rings. The fourth-order valence-electron chi connectivity index (χ4n) is 3.14. The normalized spacial score (nSPS) is 25.9. The SMILES string of the molecule is C=C1C(C)C(C2=CC=C(C)CC2)N1c1ccc(F)cc1. The fraction of sp³-hybridized carbons (Fsp3) is 0.333. The summed E-state index contributed by atoms with van der Waals surface area (Å²) in [4.78, 5) is 2.24. The molecule has 1 aromatic carbocycles. The molecule has 0 bridgehead atoms. The van der Waals surface area contributed by atoms with E-state index in [-0.39, 0.29) is 5.82 Å². The van der Waals surface area contributed by atoms with Gasteiger partial charge in [-0.05, 0) is 49.6 Å². The van der Waals surface area contributed by atoms with Crippen molar-refractivity contribution in [3.05, 3.63) is 65.7 Å². The molecular weight excluding hydrogens is 249 g/mol. The van der Waals surface area contributed by atoms with Crippen molar-refractivity contribution in [2.45, 2.75) is 32.7 Å². The summed E-state index contributed by atoms with van der Waals surface area (Å²) in [5, 5.41) is 0. The molecule has 0 N–H and O–H groups in total. The molecule has 2 aliphatic rings. The lowest BCUT2D eigenvalue weighted by molar-refractivity contribution is 0.425. The van der Waals surface area contributed by atoms with Crippen LogP contribution in [0.2, 0.25) is 0 Å². The first-order chi connectivity index (χ1) is 9.58. The van der Waals surface area contributed by atoms with Crippen LogP contribution in [0.4, 0.5) is 10.1 Å². The summed E-state index contributed by atoms with van der Waals surface area (Å²) in [6.07, 6.45) is 6.72. The van der Waals surface area contributed by atoms with Crippen LogP contribution in [0.25, 0.3) is 0 Å². The van der Waals surface area contributed by atoms with Gasteiger partial charge in [0.2, 0.25) is 0 Å². The third-order valence-electron chi connectivity index (χ3n) is 4.46. The standard InChI is InChI=1S/C18H20FN/c1-12-4-6-15(7-5-12)18-13(2)14(3)20(18)17-10-8-16(19)9-11-17/h4,6,8-11,13,18H,3,5,7H2,1-2H3. The number of anilines is 1. The van der Waals surface area contributed by atoms with Gasteiger partial charge in [-0.15, -0.1) is 0 Å². The van der Waals surface area contributed by atoms with Crippen LogP contribution in [-0.4, -0.2) is 6.04 Å². The Balaban J connectivity index is 1.90. The third kappa shape index (κ3) is 2.09. The summed E-state index contributed by atoms with van der Waals surface area (Å²) < 4.78 is 13.1. The zero-order chi connectivity index (χ0) is 14.3. The van der Waals surface area contributed by atoms with E-state index in [4.69, 9.17) is 0 Å². The Morgan fingerprint density at radius 1 is 1.15 bits per heavy atom. The van der Waals surface area contributed by atoms with Gasteiger partial charge in [0.15, 0.2) is 0 Å². The predicted octanol–water partition coefficient (Wildman–Crippen LogP) is 4.83. The molecule has 1 nitrogen and oxygen atoms in total. The maximum Gasteiger partial charge on any atom is 0.123 e. The lowest BCUT2D eigenvalue weighted by Crippen LogP contribution is -2.53. The lowest BCUT2D eigenvalue weighted by Gasteiger charge is -2.51. The first kappa shape index (κ1) is 13.2. The van der Waals surface area contributed by atoms with E-state index in [9.17, 15) is 4.39 Å². The van der Waals surface area contributed by atoms with Gasteiger partial charge in [-0.2, -0.15) is 0 Å². The Kier molecular flexibility index (Phi) is 3.25. The number of hydrogen-bond donors (Lipinski definition) is 0. The molecule has 0 aromatic heterocycles. The second-order valence-corrected chi connectivity index (χ2v) is 5.83. The van der Waals surface area contributed by atoms with Crippen molar-refractivity contribution >= 4 is 5.69 Å². The average Bonchev–Trinajstić information content (AvgIpc) is 2.46. The lowest BCUT2D eigenvalue weighted by atomic mass is 9.78. The number of rotatable bonds is 2. The molecule has 2 unspecified atom stereocenters. The van der Waals surface area contributed by atoms with Crippen LogP contribution in [0.5, 0.6) is 0 Å². The molecule has 1 aliphatic heterocycles. The molecule has 1 aliphatic carbocycles. The number of halogens is 1. The van der Waals surface area contributed by atoms with E-state index in [2.05, 4.69) is 37.5 Å². The van der Waals surface area contributed by atoms with Crippen LogP contribution < -0.4 is 4.90 Å². The summed E-state index contributed by atoms with van der Waals surface area (Å²) in [7, 11) is 0. The van der Waals surface area contributed by atoms with E-state index in [0.717, 1.165) is 24.2 Å². The van der Waals surface area contributed by atoms with Crippen molar-refractivity contribution < 1.29 is 4.39 Å². The van der Waals surface area contributed by atoms with Gasteiger partial charge < -0.3 is 4.90 Å². The molecule has 1 saturated heterocycles. The van der Waals surface area contributed by atoms with E-state index in [1.165, 1.54) is 23.3 Å². The van der Waals surface area contributed by atoms with Crippen molar-refractivity contribution in [3.8, 4) is 0 Å². The Hall–Kier alpha value is -1.83. The summed E-state index contributed by atoms with van der Waals surface area (Å²) in [5.41, 5.74) is 5.05. The minimum absolute atomic E-state index is 0.195. The van der Waals surface area contributed by atoms with E-state index in [1.54, 1.807) is 0 Å². The number of nitrogens with zero attached hydrogens (tertiary/aromatic N) is 1. The summed E-state index contributed by atoms with van der Waals surface area (Å²) >= 11 is 0. The van der Waals surface area contributed by atoms with Crippen LogP contribution in [0.1, 0.15) is 26.7 Å². The van der Waals surface area contributed by atoms with Gasteiger partial charge in [-0.25, -0.2) is 4.39 Å². The highest BCUT2D eigenvalue weighted by molar-refractivity contribution is 5.61. The topological polar surface area (TPSA) is 3.24 Å². The molecule has 1 heterocycles. The van der Waals surface area contributed by atoms with Gasteiger partial charge in [-0.1, -0.05) is 31.2 Å². The quantitative estimate of drug-likeness (QED) is 0.743. The second-order valence-electron chi connectivity index (χ2n) is 5.83. The number of benzene rings is 1. The Labute approximate surface area is 120 Å². The molecule has 0 saturated carbocycles. The maximum absolute atomic E-state index is 13.1. The van der Waals surface area contributed by atoms with E-state index >= 15 is 0 Å². The van der Waals surface area contributed by atoms with Crippen LogP contribution in [0, 0.1) is 11.7 Å². The third-order valence-corrected chi connectivity index (χ3v) is 4.46. The molecule has 2 atom stereocenters. The van der Waals surface area contributed by atoms with Gasteiger partial charge in [-0.3, -0.25) is 0 Å². The van der Waals surface area contributed by atoms with Gasteiger partial charge in [0.05, 0.1) is 6.04 Å². The van der Waals surface area contributed by atoms with Gasteiger partial charge in [0, 0.05) is 17.3 Å². The number of allylic oxidation sites excluding steroid dienone is 3. The minimum Gasteiger partial charge on any atom is -0.338 e. The fourth-order valence-corrected chi connectivity index (χ4v) is 3.14. The van der Waals surface area contributed by atoms with Crippen LogP contribution in [-0.2, 0) is 0 Å². The van der Waals surface area contributed by atoms with Gasteiger partial charge in [0.25, 0.3) is 0 Å². The molecule has 1 aromatic rings. The van der Waals surface area contributed by atoms with E-state index in [1.807, 2.05) is 12.1 Å². The first-order valence-electron chi connectivity index (χ1n) is 7.18. The average molecular weight is 269 g/mol. The van der Waals surface area contributed by atoms with Crippen molar-refractivity contribution in [1.82, 2.24) is 0 Å². The predicted molar refractivity (Wildman–Crippen MR) is 82.0 cm³/mol. The maximum atomic E-state index is 13.1. The zero-order valence-electron chi connectivity index (χ0n) is 12.1. The van der Waals surface area contributed by atoms with Crippen molar-refractivity contribution in [1.29, 1.82) is 0 Å². The zero-order valence-corrected chi connectivity index (χ0v) is 12.1. The highest BCUT2D eigenvalue weighted by Crippen LogP contribution is 2.44. The molecule has 2 heteroatoms. The highest BCUT2D eigenvalue weighted by Gasteiger charge is 2.41. The molecule has 0 spiro atoms. The monoisotopic (exact) mass is 269 g/mol. The van der Waals surface area contributed by atoms with Crippen molar-refractivity contribution in [3.63, 3.8) is 0 Å². The van der Waals surface area contributed by atoms with Crippen molar-refractivity contribution in [2.24, 2.45) is 5.92 Å². The second kappa shape index (κ2) is 4.93.